The van der Waals surface area contributed by atoms with E-state index in [1.54, 1.807) is 7.11 Å². The van der Waals surface area contributed by atoms with Crippen molar-refractivity contribution in [3.05, 3.63) is 65.4 Å². The van der Waals surface area contributed by atoms with E-state index in [-0.39, 0.29) is 5.91 Å². The van der Waals surface area contributed by atoms with Gasteiger partial charge < -0.3 is 15.0 Å². The predicted octanol–water partition coefficient (Wildman–Crippen LogP) is 3.39. The van der Waals surface area contributed by atoms with E-state index in [0.29, 0.717) is 13.0 Å². The first kappa shape index (κ1) is 16.1. The number of aromatic nitrogens is 1. The van der Waals surface area contributed by atoms with Crippen molar-refractivity contribution in [2.45, 2.75) is 19.8 Å². The Hall–Kier alpha value is -2.75. The number of H-pyrrole nitrogens is 1. The molecule has 124 valence electrons. The van der Waals surface area contributed by atoms with Crippen molar-refractivity contribution in [3.63, 3.8) is 0 Å². The first-order valence-corrected chi connectivity index (χ1v) is 8.13. The minimum absolute atomic E-state index is 0.0396. The molecule has 3 rings (SSSR count). The van der Waals surface area contributed by atoms with Crippen LogP contribution >= 0.6 is 0 Å². The smallest absolute Gasteiger partial charge is 0.224 e. The Morgan fingerprint density at radius 2 is 1.96 bits per heavy atom. The van der Waals surface area contributed by atoms with E-state index in [0.717, 1.165) is 34.3 Å². The fourth-order valence-electron chi connectivity index (χ4n) is 2.93. The maximum atomic E-state index is 12.3. The molecule has 4 heteroatoms. The number of benzene rings is 2. The van der Waals surface area contributed by atoms with Crippen molar-refractivity contribution in [2.75, 3.05) is 13.7 Å². The summed E-state index contributed by atoms with van der Waals surface area (Å²) in [5.74, 6) is 0.838. The maximum Gasteiger partial charge on any atom is 0.224 e. The second-order valence-corrected chi connectivity index (χ2v) is 5.90. The van der Waals surface area contributed by atoms with Gasteiger partial charge in [-0.25, -0.2) is 0 Å². The topological polar surface area (TPSA) is 54.1 Å². The van der Waals surface area contributed by atoms with E-state index in [2.05, 4.69) is 22.4 Å². The van der Waals surface area contributed by atoms with Gasteiger partial charge in [0, 0.05) is 23.1 Å². The molecule has 1 amide bonds. The number of aryl methyl sites for hydroxylation is 1. The number of aromatic amines is 1. The van der Waals surface area contributed by atoms with Gasteiger partial charge in [-0.2, -0.15) is 0 Å². The van der Waals surface area contributed by atoms with E-state index in [1.165, 1.54) is 5.56 Å². The van der Waals surface area contributed by atoms with Crippen molar-refractivity contribution in [2.24, 2.45) is 0 Å². The standard InChI is InChI=1S/C20H22N2O2/c1-14-17(18-12-16(24-2)8-9-19(18)22-14)13-20(23)21-11-10-15-6-4-3-5-7-15/h3-9,12,22H,10-11,13H2,1-2H3,(H,21,23). The summed E-state index contributed by atoms with van der Waals surface area (Å²) in [4.78, 5) is 15.6. The molecule has 0 saturated heterocycles. The normalized spacial score (nSPS) is 10.8. The van der Waals surface area contributed by atoms with Gasteiger partial charge >= 0.3 is 0 Å². The minimum Gasteiger partial charge on any atom is -0.497 e. The molecule has 3 aromatic rings. The zero-order valence-corrected chi connectivity index (χ0v) is 14.1. The molecule has 0 saturated carbocycles. The van der Waals surface area contributed by atoms with Crippen LogP contribution in [0.4, 0.5) is 0 Å². The average molecular weight is 322 g/mol. The quantitative estimate of drug-likeness (QED) is 0.731. The van der Waals surface area contributed by atoms with Crippen LogP contribution in [0.2, 0.25) is 0 Å². The highest BCUT2D eigenvalue weighted by atomic mass is 16.5. The van der Waals surface area contributed by atoms with Gasteiger partial charge in [0.25, 0.3) is 0 Å². The highest BCUT2D eigenvalue weighted by molar-refractivity contribution is 5.91. The van der Waals surface area contributed by atoms with Crippen molar-refractivity contribution >= 4 is 16.8 Å². The number of carbonyl (C=O) groups excluding carboxylic acids is 1. The molecule has 2 aromatic carbocycles. The second kappa shape index (κ2) is 7.21. The Bertz CT molecular complexity index is 837. The summed E-state index contributed by atoms with van der Waals surface area (Å²) >= 11 is 0. The zero-order valence-electron chi connectivity index (χ0n) is 14.1. The Kier molecular flexibility index (Phi) is 4.85. The largest absolute Gasteiger partial charge is 0.497 e. The molecule has 4 nitrogen and oxygen atoms in total. The van der Waals surface area contributed by atoms with Crippen LogP contribution in [0.15, 0.2) is 48.5 Å². The molecule has 0 aliphatic carbocycles. The molecule has 0 radical (unpaired) electrons. The number of nitrogens with one attached hydrogen (secondary N) is 2. The van der Waals surface area contributed by atoms with Gasteiger partial charge in [-0.1, -0.05) is 30.3 Å². The average Bonchev–Trinajstić information content (AvgIpc) is 2.90. The third kappa shape index (κ3) is 3.59. The summed E-state index contributed by atoms with van der Waals surface area (Å²) in [5.41, 5.74) is 4.31. The third-order valence-electron chi connectivity index (χ3n) is 4.24. The molecule has 0 aliphatic heterocycles. The summed E-state index contributed by atoms with van der Waals surface area (Å²) in [6.45, 7) is 2.65. The molecule has 0 aliphatic rings. The van der Waals surface area contributed by atoms with Crippen LogP contribution in [0.5, 0.6) is 5.75 Å². The Morgan fingerprint density at radius 3 is 2.71 bits per heavy atom. The van der Waals surface area contributed by atoms with Crippen LogP contribution in [-0.4, -0.2) is 24.5 Å². The lowest BCUT2D eigenvalue weighted by atomic mass is 10.1. The van der Waals surface area contributed by atoms with Gasteiger partial charge in [0.1, 0.15) is 5.75 Å². The highest BCUT2D eigenvalue weighted by Gasteiger charge is 2.13. The lowest BCUT2D eigenvalue weighted by Crippen LogP contribution is -2.27. The fraction of sp³-hybridized carbons (Fsp3) is 0.250. The summed E-state index contributed by atoms with van der Waals surface area (Å²) in [5, 5.41) is 4.05. The van der Waals surface area contributed by atoms with Gasteiger partial charge in [0.05, 0.1) is 13.5 Å². The van der Waals surface area contributed by atoms with Crippen LogP contribution in [0.1, 0.15) is 16.8 Å². The monoisotopic (exact) mass is 322 g/mol. The molecule has 0 spiro atoms. The molecule has 1 aromatic heterocycles. The minimum atomic E-state index is 0.0396. The van der Waals surface area contributed by atoms with E-state index in [9.17, 15) is 4.79 Å². The number of hydrogen-bond donors (Lipinski definition) is 2. The second-order valence-electron chi connectivity index (χ2n) is 5.90. The SMILES string of the molecule is COc1ccc2[nH]c(C)c(CC(=O)NCCc3ccccc3)c2c1. The third-order valence-corrected chi connectivity index (χ3v) is 4.24. The Labute approximate surface area is 141 Å². The van der Waals surface area contributed by atoms with Gasteiger partial charge in [-0.3, -0.25) is 4.79 Å². The van der Waals surface area contributed by atoms with Gasteiger partial charge in [-0.15, -0.1) is 0 Å². The van der Waals surface area contributed by atoms with Crippen LogP contribution in [0.25, 0.3) is 10.9 Å². The van der Waals surface area contributed by atoms with Crippen molar-refractivity contribution < 1.29 is 9.53 Å². The first-order chi connectivity index (χ1) is 11.7. The molecule has 0 atom stereocenters. The Morgan fingerprint density at radius 1 is 1.17 bits per heavy atom. The summed E-state index contributed by atoms with van der Waals surface area (Å²) in [6.07, 6.45) is 1.21. The number of amides is 1. The van der Waals surface area contributed by atoms with Crippen LogP contribution in [-0.2, 0) is 17.6 Å². The molecule has 0 unspecified atom stereocenters. The number of carbonyl (C=O) groups is 1. The zero-order chi connectivity index (χ0) is 16.9. The molecule has 0 bridgehead atoms. The number of rotatable bonds is 6. The lowest BCUT2D eigenvalue weighted by Gasteiger charge is -2.06. The first-order valence-electron chi connectivity index (χ1n) is 8.13. The highest BCUT2D eigenvalue weighted by Crippen LogP contribution is 2.26. The van der Waals surface area contributed by atoms with Crippen molar-refractivity contribution in [3.8, 4) is 5.75 Å². The van der Waals surface area contributed by atoms with Crippen LogP contribution in [0.3, 0.4) is 0 Å². The summed E-state index contributed by atoms with van der Waals surface area (Å²) < 4.78 is 5.29. The lowest BCUT2D eigenvalue weighted by molar-refractivity contribution is -0.120. The van der Waals surface area contributed by atoms with Gasteiger partial charge in [0.15, 0.2) is 0 Å². The van der Waals surface area contributed by atoms with E-state index in [1.807, 2.05) is 43.3 Å². The number of methoxy groups -OCH3 is 1. The molecule has 1 heterocycles. The number of hydrogen-bond acceptors (Lipinski definition) is 2. The molecule has 24 heavy (non-hydrogen) atoms. The molecular weight excluding hydrogens is 300 g/mol. The number of ether oxygens (including phenoxy) is 1. The van der Waals surface area contributed by atoms with Crippen LogP contribution in [0, 0.1) is 6.92 Å². The van der Waals surface area contributed by atoms with Crippen molar-refractivity contribution in [1.29, 1.82) is 0 Å². The summed E-state index contributed by atoms with van der Waals surface area (Å²) in [7, 11) is 1.65. The van der Waals surface area contributed by atoms with E-state index < -0.39 is 0 Å². The summed E-state index contributed by atoms with van der Waals surface area (Å²) in [6, 6.07) is 16.0. The van der Waals surface area contributed by atoms with Crippen molar-refractivity contribution in [1.82, 2.24) is 10.3 Å². The van der Waals surface area contributed by atoms with Gasteiger partial charge in [-0.05, 0) is 42.7 Å². The van der Waals surface area contributed by atoms with Crippen LogP contribution < -0.4 is 10.1 Å². The van der Waals surface area contributed by atoms with Gasteiger partial charge in [0.2, 0.25) is 5.91 Å². The molecule has 2 N–H and O–H groups in total. The fourth-order valence-corrected chi connectivity index (χ4v) is 2.93. The maximum absolute atomic E-state index is 12.3. The Balaban J connectivity index is 1.65. The van der Waals surface area contributed by atoms with E-state index >= 15 is 0 Å². The molecule has 0 fully saturated rings. The predicted molar refractivity (Wildman–Crippen MR) is 96.4 cm³/mol. The molecular formula is C20H22N2O2. The van der Waals surface area contributed by atoms with E-state index in [4.69, 9.17) is 4.74 Å². The number of fused-ring (bicyclic) bond motifs is 1.